The third-order valence-electron chi connectivity index (χ3n) is 4.55. The molecule has 2 aromatic carbocycles. The van der Waals surface area contributed by atoms with Crippen molar-refractivity contribution >= 4 is 21.4 Å². The highest BCUT2D eigenvalue weighted by molar-refractivity contribution is 7.89. The number of hydrogen-bond donors (Lipinski definition) is 1. The van der Waals surface area contributed by atoms with Crippen LogP contribution in [0.1, 0.15) is 0 Å². The Hall–Kier alpha value is -4.10. The summed E-state index contributed by atoms with van der Waals surface area (Å²) in [6.45, 7) is -0.0983. The number of ether oxygens (including phenoxy) is 2. The summed E-state index contributed by atoms with van der Waals surface area (Å²) in [4.78, 5) is 10.0. The number of nitro groups is 1. The van der Waals surface area contributed by atoms with Crippen LogP contribution >= 0.6 is 0 Å². The van der Waals surface area contributed by atoms with Crippen LogP contribution in [0, 0.1) is 10.1 Å². The van der Waals surface area contributed by atoms with Crippen LogP contribution in [-0.2, 0) is 10.0 Å². The Morgan fingerprint density at radius 2 is 1.91 bits per heavy atom. The lowest BCUT2D eigenvalue weighted by Gasteiger charge is -2.08. The van der Waals surface area contributed by atoms with Crippen molar-refractivity contribution in [1.29, 1.82) is 0 Å². The fourth-order valence-electron chi connectivity index (χ4n) is 2.97. The molecular weight excluding hydrogens is 452 g/mol. The minimum absolute atomic E-state index is 0.0245. The summed E-state index contributed by atoms with van der Waals surface area (Å²) in [7, 11) is -2.37. The molecule has 170 valence electrons. The molecule has 0 bridgehead atoms. The Labute approximate surface area is 188 Å². The van der Waals surface area contributed by atoms with Crippen molar-refractivity contribution in [2.24, 2.45) is 0 Å². The lowest BCUT2D eigenvalue weighted by Crippen LogP contribution is -2.28. The molecule has 0 amide bonds. The zero-order valence-corrected chi connectivity index (χ0v) is 18.1. The summed E-state index contributed by atoms with van der Waals surface area (Å²) >= 11 is 0. The fourth-order valence-corrected chi connectivity index (χ4v) is 4.02. The first-order chi connectivity index (χ1) is 15.9. The number of fused-ring (bicyclic) bond motifs is 1. The standard InChI is InChI=1S/C20H18N6O6S/c1-31-16-6-2-4-14(12-16)20-23-22-18-8-9-19(24-25(18)20)32-11-10-21-33(29,30)17-7-3-5-15(13-17)26(27)28/h2-9,12-13,21H,10-11H2,1H3. The van der Waals surface area contributed by atoms with Gasteiger partial charge in [0.05, 0.1) is 16.9 Å². The largest absolute Gasteiger partial charge is 0.497 e. The summed E-state index contributed by atoms with van der Waals surface area (Å²) in [6, 6.07) is 15.3. The molecule has 0 radical (unpaired) electrons. The van der Waals surface area contributed by atoms with Crippen molar-refractivity contribution in [3.8, 4) is 23.0 Å². The number of nitrogens with zero attached hydrogens (tertiary/aromatic N) is 5. The summed E-state index contributed by atoms with van der Waals surface area (Å²) in [5.41, 5.74) is 0.940. The lowest BCUT2D eigenvalue weighted by molar-refractivity contribution is -0.385. The van der Waals surface area contributed by atoms with Gasteiger partial charge < -0.3 is 9.47 Å². The first-order valence-corrected chi connectivity index (χ1v) is 11.1. The van der Waals surface area contributed by atoms with Gasteiger partial charge >= 0.3 is 0 Å². The van der Waals surface area contributed by atoms with E-state index in [1.165, 1.54) is 22.7 Å². The van der Waals surface area contributed by atoms with Crippen LogP contribution in [0.3, 0.4) is 0 Å². The van der Waals surface area contributed by atoms with Gasteiger partial charge in [-0.3, -0.25) is 10.1 Å². The summed E-state index contributed by atoms with van der Waals surface area (Å²) in [6.07, 6.45) is 0. The molecule has 33 heavy (non-hydrogen) atoms. The van der Waals surface area contributed by atoms with Crippen LogP contribution in [0.15, 0.2) is 65.6 Å². The second-order valence-electron chi connectivity index (χ2n) is 6.70. The van der Waals surface area contributed by atoms with Gasteiger partial charge in [0.1, 0.15) is 12.4 Å². The SMILES string of the molecule is COc1cccc(-c2nnc3ccc(OCCNS(=O)(=O)c4cccc([N+](=O)[O-])c4)nn23)c1. The molecule has 0 aliphatic carbocycles. The average Bonchev–Trinajstić information content (AvgIpc) is 3.25. The molecule has 0 aliphatic heterocycles. The molecule has 0 atom stereocenters. The number of benzene rings is 2. The second kappa shape index (κ2) is 9.18. The summed E-state index contributed by atoms with van der Waals surface area (Å²) in [5.74, 6) is 1.38. The van der Waals surface area contributed by atoms with Crippen molar-refractivity contribution in [3.63, 3.8) is 0 Å². The molecule has 0 fully saturated rings. The highest BCUT2D eigenvalue weighted by atomic mass is 32.2. The van der Waals surface area contributed by atoms with E-state index < -0.39 is 14.9 Å². The van der Waals surface area contributed by atoms with E-state index in [0.29, 0.717) is 17.2 Å². The van der Waals surface area contributed by atoms with E-state index in [0.717, 1.165) is 11.6 Å². The third kappa shape index (κ3) is 4.88. The smallest absolute Gasteiger partial charge is 0.270 e. The van der Waals surface area contributed by atoms with Gasteiger partial charge in [0, 0.05) is 30.3 Å². The maximum Gasteiger partial charge on any atom is 0.270 e. The number of methoxy groups -OCH3 is 1. The average molecular weight is 470 g/mol. The Kier molecular flexibility index (Phi) is 6.15. The minimum Gasteiger partial charge on any atom is -0.497 e. The molecule has 12 nitrogen and oxygen atoms in total. The normalized spacial score (nSPS) is 11.4. The Morgan fingerprint density at radius 1 is 1.09 bits per heavy atom. The van der Waals surface area contributed by atoms with Crippen molar-refractivity contribution in [2.75, 3.05) is 20.3 Å². The number of nitro benzene ring substituents is 1. The van der Waals surface area contributed by atoms with Gasteiger partial charge in [-0.1, -0.05) is 18.2 Å². The van der Waals surface area contributed by atoms with Crippen molar-refractivity contribution < 1.29 is 22.8 Å². The van der Waals surface area contributed by atoms with Gasteiger partial charge in [0.15, 0.2) is 11.5 Å². The highest BCUT2D eigenvalue weighted by Crippen LogP contribution is 2.23. The molecule has 0 saturated carbocycles. The van der Waals surface area contributed by atoms with Crippen LogP contribution in [0.25, 0.3) is 17.0 Å². The Morgan fingerprint density at radius 3 is 2.70 bits per heavy atom. The van der Waals surface area contributed by atoms with Gasteiger partial charge in [0.25, 0.3) is 5.69 Å². The number of rotatable bonds is 9. The summed E-state index contributed by atoms with van der Waals surface area (Å²) < 4.78 is 39.4. The van der Waals surface area contributed by atoms with E-state index in [2.05, 4.69) is 20.0 Å². The lowest BCUT2D eigenvalue weighted by atomic mass is 10.2. The molecule has 2 aromatic heterocycles. The zero-order chi connectivity index (χ0) is 23.4. The molecule has 0 aliphatic rings. The third-order valence-corrected chi connectivity index (χ3v) is 6.01. The van der Waals surface area contributed by atoms with Crippen LogP contribution in [0.4, 0.5) is 5.69 Å². The van der Waals surface area contributed by atoms with Crippen LogP contribution in [0.2, 0.25) is 0 Å². The van der Waals surface area contributed by atoms with Crippen LogP contribution in [-0.4, -0.2) is 53.4 Å². The molecular formula is C20H18N6O6S. The molecule has 0 spiro atoms. The van der Waals surface area contributed by atoms with Crippen LogP contribution in [0.5, 0.6) is 11.6 Å². The van der Waals surface area contributed by atoms with Gasteiger partial charge in [0.2, 0.25) is 15.9 Å². The van der Waals surface area contributed by atoms with Crippen molar-refractivity contribution in [1.82, 2.24) is 24.5 Å². The van der Waals surface area contributed by atoms with E-state index in [1.54, 1.807) is 25.3 Å². The topological polar surface area (TPSA) is 151 Å². The Balaban J connectivity index is 1.43. The quantitative estimate of drug-likeness (QED) is 0.220. The van der Waals surface area contributed by atoms with Crippen molar-refractivity contribution in [2.45, 2.75) is 4.90 Å². The minimum atomic E-state index is -3.94. The predicted molar refractivity (Wildman–Crippen MR) is 117 cm³/mol. The maximum absolute atomic E-state index is 12.4. The van der Waals surface area contributed by atoms with Gasteiger partial charge in [-0.25, -0.2) is 13.1 Å². The number of aromatic nitrogens is 4. The van der Waals surface area contributed by atoms with E-state index in [9.17, 15) is 18.5 Å². The monoisotopic (exact) mass is 470 g/mol. The van der Waals surface area contributed by atoms with E-state index >= 15 is 0 Å². The zero-order valence-electron chi connectivity index (χ0n) is 17.3. The highest BCUT2D eigenvalue weighted by Gasteiger charge is 2.17. The Bertz CT molecular complexity index is 1420. The van der Waals surface area contributed by atoms with Gasteiger partial charge in [-0.15, -0.1) is 15.3 Å². The molecule has 13 heteroatoms. The molecule has 1 N–H and O–H groups in total. The number of nitrogens with one attached hydrogen (secondary N) is 1. The first kappa shape index (κ1) is 22.1. The van der Waals surface area contributed by atoms with Gasteiger partial charge in [-0.2, -0.15) is 4.52 Å². The molecule has 0 saturated heterocycles. The number of sulfonamides is 1. The molecule has 4 rings (SSSR count). The molecule has 2 heterocycles. The number of non-ortho nitro benzene ring substituents is 1. The van der Waals surface area contributed by atoms with E-state index in [-0.39, 0.29) is 29.6 Å². The van der Waals surface area contributed by atoms with E-state index in [1.807, 2.05) is 18.2 Å². The number of hydrogen-bond acceptors (Lipinski definition) is 9. The van der Waals surface area contributed by atoms with Crippen molar-refractivity contribution in [3.05, 3.63) is 70.8 Å². The maximum atomic E-state index is 12.4. The van der Waals surface area contributed by atoms with E-state index in [4.69, 9.17) is 9.47 Å². The fraction of sp³-hybridized carbons (Fsp3) is 0.150. The van der Waals surface area contributed by atoms with Gasteiger partial charge in [-0.05, 0) is 24.3 Å². The van der Waals surface area contributed by atoms with Crippen LogP contribution < -0.4 is 14.2 Å². The first-order valence-electron chi connectivity index (χ1n) is 9.61. The molecule has 4 aromatic rings. The predicted octanol–water partition coefficient (Wildman–Crippen LogP) is 2.07. The molecule has 0 unspecified atom stereocenters. The second-order valence-corrected chi connectivity index (χ2v) is 8.46. The summed E-state index contributed by atoms with van der Waals surface area (Å²) in [5, 5.41) is 23.5.